The van der Waals surface area contributed by atoms with Crippen LogP contribution in [0.5, 0.6) is 0 Å². The van der Waals surface area contributed by atoms with Gasteiger partial charge in [0.05, 0.1) is 30.0 Å². The zero-order valence-electron chi connectivity index (χ0n) is 11.2. The maximum atomic E-state index is 12.4. The van der Waals surface area contributed by atoms with E-state index < -0.39 is 10.0 Å². The van der Waals surface area contributed by atoms with Crippen LogP contribution in [0.4, 0.5) is 0 Å². The molecule has 9 heteroatoms. The molecule has 0 bridgehead atoms. The van der Waals surface area contributed by atoms with Crippen molar-refractivity contribution < 1.29 is 8.42 Å². The number of hydrogen-bond acceptors (Lipinski definition) is 5. The zero-order valence-corrected chi connectivity index (χ0v) is 13.5. The first-order chi connectivity index (χ1) is 9.43. The number of halogens is 1. The summed E-state index contributed by atoms with van der Waals surface area (Å²) in [6.07, 6.45) is 2.82. The van der Waals surface area contributed by atoms with E-state index in [1.54, 1.807) is 0 Å². The molecule has 2 heterocycles. The van der Waals surface area contributed by atoms with Gasteiger partial charge in [-0.2, -0.15) is 9.40 Å². The fourth-order valence-electron chi connectivity index (χ4n) is 1.66. The third-order valence-corrected chi connectivity index (χ3v) is 5.43. The van der Waals surface area contributed by atoms with Gasteiger partial charge in [-0.25, -0.2) is 13.4 Å². The molecular weight excluding hydrogens is 320 g/mol. The van der Waals surface area contributed by atoms with E-state index in [-0.39, 0.29) is 11.4 Å². The van der Waals surface area contributed by atoms with Crippen molar-refractivity contribution in [3.8, 4) is 0 Å². The summed E-state index contributed by atoms with van der Waals surface area (Å²) in [7, 11) is -2.02. The zero-order chi connectivity index (χ0) is 14.8. The molecule has 2 rings (SSSR count). The van der Waals surface area contributed by atoms with Crippen molar-refractivity contribution >= 4 is 33.0 Å². The van der Waals surface area contributed by atoms with Crippen molar-refractivity contribution in [3.05, 3.63) is 28.5 Å². The highest BCUT2D eigenvalue weighted by atomic mass is 35.5. The van der Waals surface area contributed by atoms with Crippen molar-refractivity contribution in [2.24, 2.45) is 0 Å². The summed E-state index contributed by atoms with van der Waals surface area (Å²) in [5.74, 6) is 0.384. The van der Waals surface area contributed by atoms with E-state index in [9.17, 15) is 8.42 Å². The van der Waals surface area contributed by atoms with Gasteiger partial charge in [-0.05, 0) is 6.92 Å². The first kappa shape index (κ1) is 15.4. The lowest BCUT2D eigenvalue weighted by atomic mass is 10.5. The Morgan fingerprint density at radius 2 is 2.25 bits per heavy atom. The second kappa shape index (κ2) is 6.21. The monoisotopic (exact) mass is 334 g/mol. The Kier molecular flexibility index (Phi) is 4.79. The van der Waals surface area contributed by atoms with Crippen LogP contribution in [0, 0.1) is 6.92 Å². The Balaban J connectivity index is 2.15. The Labute approximate surface area is 127 Å². The van der Waals surface area contributed by atoms with Gasteiger partial charge in [0.25, 0.3) is 0 Å². The SMILES string of the molecule is Cc1nc(CN(C)S(=O)(=O)c2cnn(CCCl)c2)cs1. The number of thiazole rings is 1. The summed E-state index contributed by atoms with van der Waals surface area (Å²) < 4.78 is 27.5. The molecule has 0 spiro atoms. The first-order valence-electron chi connectivity index (χ1n) is 5.89. The van der Waals surface area contributed by atoms with Crippen molar-refractivity contribution in [1.82, 2.24) is 19.1 Å². The van der Waals surface area contributed by atoms with Gasteiger partial charge in [0.2, 0.25) is 10.0 Å². The van der Waals surface area contributed by atoms with Crippen molar-refractivity contribution in [1.29, 1.82) is 0 Å². The van der Waals surface area contributed by atoms with Gasteiger partial charge in [-0.15, -0.1) is 22.9 Å². The molecule has 20 heavy (non-hydrogen) atoms. The van der Waals surface area contributed by atoms with Crippen LogP contribution in [-0.2, 0) is 23.1 Å². The van der Waals surface area contributed by atoms with Crippen molar-refractivity contribution in [3.63, 3.8) is 0 Å². The molecular formula is C11H15ClN4O2S2. The van der Waals surface area contributed by atoms with Crippen LogP contribution in [-0.4, -0.2) is 40.4 Å². The topological polar surface area (TPSA) is 68.1 Å². The van der Waals surface area contributed by atoms with E-state index in [0.29, 0.717) is 12.4 Å². The number of rotatable bonds is 6. The highest BCUT2D eigenvalue weighted by molar-refractivity contribution is 7.89. The van der Waals surface area contributed by atoms with E-state index in [4.69, 9.17) is 11.6 Å². The third kappa shape index (κ3) is 3.38. The quantitative estimate of drug-likeness (QED) is 0.754. The molecule has 0 amide bonds. The minimum Gasteiger partial charge on any atom is -0.270 e. The van der Waals surface area contributed by atoms with Gasteiger partial charge in [-0.1, -0.05) is 0 Å². The molecule has 2 aromatic rings. The lowest BCUT2D eigenvalue weighted by Crippen LogP contribution is -2.26. The number of hydrogen-bond donors (Lipinski definition) is 0. The largest absolute Gasteiger partial charge is 0.270 e. The summed E-state index contributed by atoms with van der Waals surface area (Å²) in [5, 5.41) is 6.76. The molecule has 110 valence electrons. The van der Waals surface area contributed by atoms with Gasteiger partial charge in [-0.3, -0.25) is 4.68 Å². The summed E-state index contributed by atoms with van der Waals surface area (Å²) in [6, 6.07) is 0. The molecule has 0 aliphatic heterocycles. The molecule has 6 nitrogen and oxygen atoms in total. The Bertz CT molecular complexity index is 680. The molecule has 2 aromatic heterocycles. The first-order valence-corrected chi connectivity index (χ1v) is 8.74. The Hall–Kier alpha value is -0.960. The molecule has 0 atom stereocenters. The molecule has 0 aliphatic rings. The van der Waals surface area contributed by atoms with Gasteiger partial charge >= 0.3 is 0 Å². The molecule has 0 aliphatic carbocycles. The van der Waals surface area contributed by atoms with Crippen LogP contribution in [0.25, 0.3) is 0 Å². The maximum Gasteiger partial charge on any atom is 0.246 e. The van der Waals surface area contributed by atoms with Gasteiger partial charge in [0, 0.05) is 24.5 Å². The third-order valence-electron chi connectivity index (χ3n) is 2.68. The highest BCUT2D eigenvalue weighted by Gasteiger charge is 2.23. The summed E-state index contributed by atoms with van der Waals surface area (Å²) in [6.45, 7) is 2.61. The van der Waals surface area contributed by atoms with Crippen LogP contribution in [0.15, 0.2) is 22.7 Å². The fourth-order valence-corrected chi connectivity index (χ4v) is 3.53. The van der Waals surface area contributed by atoms with Gasteiger partial charge in [0.1, 0.15) is 4.90 Å². The Morgan fingerprint density at radius 1 is 1.50 bits per heavy atom. The molecule has 0 fully saturated rings. The predicted molar refractivity (Wildman–Crippen MR) is 78.5 cm³/mol. The van der Waals surface area contributed by atoms with Crippen molar-refractivity contribution in [2.75, 3.05) is 12.9 Å². The number of sulfonamides is 1. The average molecular weight is 335 g/mol. The second-order valence-electron chi connectivity index (χ2n) is 4.25. The molecule has 0 saturated carbocycles. The summed E-state index contributed by atoms with van der Waals surface area (Å²) >= 11 is 7.10. The predicted octanol–water partition coefficient (Wildman–Crippen LogP) is 1.71. The molecule has 0 saturated heterocycles. The van der Waals surface area contributed by atoms with Gasteiger partial charge in [0.15, 0.2) is 0 Å². The van der Waals surface area contributed by atoms with Crippen molar-refractivity contribution in [2.45, 2.75) is 24.9 Å². The van der Waals surface area contributed by atoms with Crippen LogP contribution >= 0.6 is 22.9 Å². The van der Waals surface area contributed by atoms with Crippen LogP contribution in [0.3, 0.4) is 0 Å². The molecule has 0 aromatic carbocycles. The minimum atomic E-state index is -3.55. The number of aromatic nitrogens is 3. The fraction of sp³-hybridized carbons (Fsp3) is 0.455. The maximum absolute atomic E-state index is 12.4. The molecule has 0 unspecified atom stereocenters. The van der Waals surface area contributed by atoms with E-state index in [1.165, 1.54) is 39.8 Å². The van der Waals surface area contributed by atoms with Gasteiger partial charge < -0.3 is 0 Å². The number of aryl methyl sites for hydroxylation is 2. The van der Waals surface area contributed by atoms with Crippen LogP contribution in [0.1, 0.15) is 10.7 Å². The average Bonchev–Trinajstić information content (AvgIpc) is 2.99. The number of alkyl halides is 1. The smallest absolute Gasteiger partial charge is 0.246 e. The summed E-state index contributed by atoms with van der Waals surface area (Å²) in [4.78, 5) is 4.43. The van der Waals surface area contributed by atoms with E-state index in [2.05, 4.69) is 10.1 Å². The second-order valence-corrected chi connectivity index (χ2v) is 7.73. The molecule has 0 N–H and O–H groups in total. The lowest BCUT2D eigenvalue weighted by molar-refractivity contribution is 0.462. The van der Waals surface area contributed by atoms with Crippen LogP contribution in [0.2, 0.25) is 0 Å². The molecule has 0 radical (unpaired) electrons. The Morgan fingerprint density at radius 3 is 2.85 bits per heavy atom. The van der Waals surface area contributed by atoms with Crippen LogP contribution < -0.4 is 0 Å². The normalized spacial score (nSPS) is 12.2. The lowest BCUT2D eigenvalue weighted by Gasteiger charge is -2.14. The number of nitrogens with zero attached hydrogens (tertiary/aromatic N) is 4. The standard InChI is InChI=1S/C11H15ClN4O2S2/c1-9-14-10(8-19-9)6-15(2)20(17,18)11-5-13-16(7-11)4-3-12/h5,7-8H,3-4,6H2,1-2H3. The minimum absolute atomic E-state index is 0.164. The summed E-state index contributed by atoms with van der Waals surface area (Å²) in [5.41, 5.74) is 0.742. The van der Waals surface area contributed by atoms with E-state index >= 15 is 0 Å². The van der Waals surface area contributed by atoms with E-state index in [0.717, 1.165) is 10.7 Å². The van der Waals surface area contributed by atoms with E-state index in [1.807, 2.05) is 12.3 Å². The highest BCUT2D eigenvalue weighted by Crippen LogP contribution is 2.17.